The van der Waals surface area contributed by atoms with Gasteiger partial charge in [0.05, 0.1) is 27.9 Å². The number of halogens is 1. The summed E-state index contributed by atoms with van der Waals surface area (Å²) in [7, 11) is 1.86. The normalized spacial score (nSPS) is 20.1. The highest BCUT2D eigenvalue weighted by molar-refractivity contribution is 7.16. The molecule has 3 N–H and O–H groups in total. The Morgan fingerprint density at radius 2 is 1.98 bits per heavy atom. The predicted molar refractivity (Wildman–Crippen MR) is 177 cm³/mol. The molecule has 236 valence electrons. The average molecular weight is 639 g/mol. The number of nitrogens with zero attached hydrogens (tertiary/aromatic N) is 8. The lowest BCUT2D eigenvalue weighted by Gasteiger charge is -2.32. The van der Waals surface area contributed by atoms with Crippen LogP contribution >= 0.6 is 11.3 Å². The Labute approximate surface area is 270 Å². The van der Waals surface area contributed by atoms with Crippen molar-refractivity contribution < 1.29 is 9.18 Å². The zero-order valence-electron chi connectivity index (χ0n) is 25.6. The van der Waals surface area contributed by atoms with Crippen molar-refractivity contribution in [2.75, 3.05) is 49.9 Å². The predicted octanol–water partition coefficient (Wildman–Crippen LogP) is 4.20. The van der Waals surface area contributed by atoms with Crippen molar-refractivity contribution in [3.63, 3.8) is 0 Å². The molecule has 7 rings (SSSR count). The first-order valence-electron chi connectivity index (χ1n) is 15.3. The molecule has 3 aliphatic heterocycles. The third kappa shape index (κ3) is 5.60. The van der Waals surface area contributed by atoms with Gasteiger partial charge in [-0.3, -0.25) is 24.8 Å². The van der Waals surface area contributed by atoms with E-state index >= 15 is 0 Å². The van der Waals surface area contributed by atoms with E-state index in [1.165, 1.54) is 17.7 Å². The van der Waals surface area contributed by atoms with E-state index < -0.39 is 11.2 Å². The summed E-state index contributed by atoms with van der Waals surface area (Å²) in [4.78, 5) is 34.3. The quantitative estimate of drug-likeness (QED) is 0.217. The molecule has 1 atom stereocenters. The van der Waals surface area contributed by atoms with Crippen LogP contribution in [0.1, 0.15) is 35.5 Å². The zero-order valence-corrected chi connectivity index (χ0v) is 26.4. The van der Waals surface area contributed by atoms with E-state index in [4.69, 9.17) is 11.1 Å². The maximum absolute atomic E-state index is 13.9. The van der Waals surface area contributed by atoms with Crippen LogP contribution in [0.5, 0.6) is 0 Å². The van der Waals surface area contributed by atoms with Crippen LogP contribution in [0.15, 0.2) is 67.4 Å². The number of carbonyl (C=O) groups excluding carboxylic acids is 1. The van der Waals surface area contributed by atoms with Crippen LogP contribution in [0.2, 0.25) is 0 Å². The van der Waals surface area contributed by atoms with Crippen molar-refractivity contribution in [3.8, 4) is 10.7 Å². The summed E-state index contributed by atoms with van der Waals surface area (Å²) < 4.78 is 15.1. The van der Waals surface area contributed by atoms with Crippen LogP contribution in [-0.2, 0) is 11.8 Å². The minimum Gasteiger partial charge on any atom is -0.398 e. The minimum absolute atomic E-state index is 0.0872. The number of aromatic nitrogens is 5. The number of thiazole rings is 1. The number of nitrogen functional groups attached to an aromatic ring is 1. The van der Waals surface area contributed by atoms with Gasteiger partial charge < -0.3 is 15.5 Å². The third-order valence-corrected chi connectivity index (χ3v) is 10.3. The fraction of sp³-hybridized carbons (Fsp3) is 0.333. The number of likely N-dealkylation sites (tertiary alicyclic amines) is 1. The summed E-state index contributed by atoms with van der Waals surface area (Å²) >= 11 is 1.62. The molecule has 3 aliphatic rings. The third-order valence-electron chi connectivity index (χ3n) is 9.21. The van der Waals surface area contributed by atoms with Gasteiger partial charge in [0.1, 0.15) is 17.2 Å². The van der Waals surface area contributed by atoms with Gasteiger partial charge in [-0.15, -0.1) is 11.3 Å². The second-order valence-electron chi connectivity index (χ2n) is 12.2. The molecule has 1 aromatic carbocycles. The van der Waals surface area contributed by atoms with Gasteiger partial charge >= 0.3 is 0 Å². The lowest BCUT2D eigenvalue weighted by Crippen LogP contribution is -2.38. The van der Waals surface area contributed by atoms with Gasteiger partial charge in [-0.1, -0.05) is 12.7 Å². The molecule has 1 amide bonds. The van der Waals surface area contributed by atoms with E-state index in [0.29, 0.717) is 41.5 Å². The van der Waals surface area contributed by atoms with E-state index in [9.17, 15) is 9.18 Å². The molecule has 2 saturated heterocycles. The Kier molecular flexibility index (Phi) is 7.73. The Bertz CT molecular complexity index is 1860. The summed E-state index contributed by atoms with van der Waals surface area (Å²) in [6.45, 7) is 8.92. The molecule has 46 heavy (non-hydrogen) atoms. The van der Waals surface area contributed by atoms with Gasteiger partial charge in [-0.25, -0.2) is 14.4 Å². The Morgan fingerprint density at radius 1 is 1.13 bits per heavy atom. The van der Waals surface area contributed by atoms with Gasteiger partial charge in [0, 0.05) is 68.6 Å². The zero-order chi connectivity index (χ0) is 32.0. The molecule has 0 radical (unpaired) electrons. The standard InChI is InChI=1S/C33H35FN10OS/c1-21(43-11-7-22(8-12-43)31-38-17-28(46-31)30-39-20-41(2)40-30)18-42-13-9-33(19-42)10-14-44(32(33)45)24-4-5-26(35)25(15-24)29(36)27-6-3-23(34)16-37-27/h3-7,15-17,20,36H,1,8-14,18-19,35H2,2H3/t33-/m0/s1. The number of benzene rings is 1. The maximum Gasteiger partial charge on any atom is 0.234 e. The number of nitrogens with one attached hydrogen (secondary N) is 1. The fourth-order valence-electron chi connectivity index (χ4n) is 6.62. The van der Waals surface area contributed by atoms with Crippen molar-refractivity contribution in [2.24, 2.45) is 12.5 Å². The van der Waals surface area contributed by atoms with Gasteiger partial charge in [0.15, 0.2) is 5.82 Å². The molecule has 2 fully saturated rings. The van der Waals surface area contributed by atoms with E-state index in [2.05, 4.69) is 42.5 Å². The number of carbonyl (C=O) groups is 1. The van der Waals surface area contributed by atoms with Crippen LogP contribution in [0, 0.1) is 16.6 Å². The van der Waals surface area contributed by atoms with Crippen LogP contribution in [0.3, 0.4) is 0 Å². The fourth-order valence-corrected chi connectivity index (χ4v) is 7.54. The first kappa shape index (κ1) is 29.9. The van der Waals surface area contributed by atoms with Gasteiger partial charge in [0.2, 0.25) is 5.91 Å². The Hall–Kier alpha value is -4.75. The lowest BCUT2D eigenvalue weighted by molar-refractivity contribution is -0.125. The van der Waals surface area contributed by atoms with E-state index in [1.54, 1.807) is 34.5 Å². The van der Waals surface area contributed by atoms with E-state index in [1.807, 2.05) is 24.2 Å². The van der Waals surface area contributed by atoms with Gasteiger partial charge in [0.25, 0.3) is 0 Å². The topological polar surface area (TPSA) is 133 Å². The Balaban J connectivity index is 0.966. The molecule has 0 aliphatic carbocycles. The van der Waals surface area contributed by atoms with E-state index in [0.717, 1.165) is 67.2 Å². The Morgan fingerprint density at radius 3 is 2.72 bits per heavy atom. The number of hydrogen-bond donors (Lipinski definition) is 2. The number of rotatable bonds is 8. The summed E-state index contributed by atoms with van der Waals surface area (Å²) in [5.74, 6) is 0.336. The summed E-state index contributed by atoms with van der Waals surface area (Å²) in [5.41, 5.74) is 10.1. The highest BCUT2D eigenvalue weighted by Crippen LogP contribution is 2.43. The molecule has 13 heteroatoms. The summed E-state index contributed by atoms with van der Waals surface area (Å²) in [6.07, 6.45) is 9.31. The number of aryl methyl sites for hydroxylation is 1. The first-order valence-corrected chi connectivity index (χ1v) is 16.1. The molecular formula is C33H35FN10OS. The van der Waals surface area contributed by atoms with Crippen molar-refractivity contribution in [1.82, 2.24) is 34.5 Å². The maximum atomic E-state index is 13.9. The highest BCUT2D eigenvalue weighted by atomic mass is 32.1. The second kappa shape index (κ2) is 11.9. The van der Waals surface area contributed by atoms with Gasteiger partial charge in [-0.05, 0) is 61.7 Å². The summed E-state index contributed by atoms with van der Waals surface area (Å²) in [5, 5.41) is 14.0. The number of pyridine rings is 1. The number of hydrogen-bond acceptors (Lipinski definition) is 10. The van der Waals surface area contributed by atoms with Crippen LogP contribution in [0.25, 0.3) is 16.3 Å². The van der Waals surface area contributed by atoms with E-state index in [-0.39, 0.29) is 11.6 Å². The molecule has 3 aromatic heterocycles. The molecule has 0 unspecified atom stereocenters. The molecular weight excluding hydrogens is 603 g/mol. The van der Waals surface area contributed by atoms with Crippen molar-refractivity contribution in [1.29, 1.82) is 5.41 Å². The SMILES string of the molecule is C=C(CN1CC[C@]2(CCN(c3ccc(N)c(C(=N)c4ccc(F)cn4)c3)C2=O)C1)N1CC=C(c2ncc(-c3ncn(C)n3)s2)CC1. The smallest absolute Gasteiger partial charge is 0.234 e. The molecule has 11 nitrogen and oxygen atoms in total. The minimum atomic E-state index is -0.469. The number of amides is 1. The van der Waals surface area contributed by atoms with Crippen LogP contribution in [0.4, 0.5) is 15.8 Å². The second-order valence-corrected chi connectivity index (χ2v) is 13.2. The average Bonchev–Trinajstić information content (AvgIpc) is 3.87. The molecule has 4 aromatic rings. The molecule has 1 spiro atoms. The van der Waals surface area contributed by atoms with Crippen molar-refractivity contribution in [2.45, 2.75) is 19.3 Å². The summed E-state index contributed by atoms with van der Waals surface area (Å²) in [6, 6.07) is 8.04. The number of anilines is 2. The highest BCUT2D eigenvalue weighted by Gasteiger charge is 2.51. The van der Waals surface area contributed by atoms with Crippen LogP contribution < -0.4 is 10.6 Å². The van der Waals surface area contributed by atoms with Crippen LogP contribution in [-0.4, -0.2) is 85.4 Å². The first-order chi connectivity index (χ1) is 22.2. The largest absolute Gasteiger partial charge is 0.398 e. The molecule has 0 bridgehead atoms. The van der Waals surface area contributed by atoms with Crippen molar-refractivity contribution in [3.05, 3.63) is 89.5 Å². The molecule has 0 saturated carbocycles. The monoisotopic (exact) mass is 638 g/mol. The number of nitrogens with two attached hydrogens (primary N) is 1. The lowest BCUT2D eigenvalue weighted by atomic mass is 9.85. The molecule has 6 heterocycles. The van der Waals surface area contributed by atoms with Crippen molar-refractivity contribution >= 4 is 39.9 Å². The van der Waals surface area contributed by atoms with Gasteiger partial charge in [-0.2, -0.15) is 5.10 Å².